The first-order chi connectivity index (χ1) is 14.7. The van der Waals surface area contributed by atoms with Gasteiger partial charge in [-0.25, -0.2) is 0 Å². The molecule has 154 valence electrons. The molecule has 3 heterocycles. The van der Waals surface area contributed by atoms with Crippen molar-refractivity contribution in [3.63, 3.8) is 0 Å². The van der Waals surface area contributed by atoms with Crippen LogP contribution in [-0.4, -0.2) is 24.1 Å². The fourth-order valence-corrected chi connectivity index (χ4v) is 4.06. The molecule has 0 fully saturated rings. The third kappa shape index (κ3) is 4.26. The second kappa shape index (κ2) is 9.03. The van der Waals surface area contributed by atoms with Crippen LogP contribution in [0.5, 0.6) is 0 Å². The van der Waals surface area contributed by atoms with Crippen molar-refractivity contribution >= 4 is 11.4 Å². The van der Waals surface area contributed by atoms with Crippen molar-refractivity contribution in [3.05, 3.63) is 96.6 Å². The van der Waals surface area contributed by atoms with E-state index in [9.17, 15) is 0 Å². The predicted octanol–water partition coefficient (Wildman–Crippen LogP) is 4.99. The van der Waals surface area contributed by atoms with Crippen LogP contribution in [0.2, 0.25) is 0 Å². The molecule has 0 saturated carbocycles. The van der Waals surface area contributed by atoms with Gasteiger partial charge in [0.2, 0.25) is 0 Å². The van der Waals surface area contributed by atoms with Gasteiger partial charge in [-0.15, -0.1) is 23.3 Å². The van der Waals surface area contributed by atoms with Gasteiger partial charge in [0.1, 0.15) is 0 Å². The van der Waals surface area contributed by atoms with Crippen molar-refractivity contribution in [2.45, 2.75) is 13.1 Å². The van der Waals surface area contributed by atoms with E-state index in [0.29, 0.717) is 13.1 Å². The second-order valence-corrected chi connectivity index (χ2v) is 7.69. The van der Waals surface area contributed by atoms with E-state index in [2.05, 4.69) is 94.5 Å². The summed E-state index contributed by atoms with van der Waals surface area (Å²) >= 11 is 0. The minimum absolute atomic E-state index is 0. The summed E-state index contributed by atoms with van der Waals surface area (Å²) in [6.07, 6.45) is 7.58. The second-order valence-electron chi connectivity index (χ2n) is 7.69. The molecule has 0 amide bonds. The molecule has 5 rings (SSSR count). The Kier molecular flexibility index (Phi) is 6.20. The molecule has 4 bridgehead atoms. The molecule has 0 aliphatic carbocycles. The van der Waals surface area contributed by atoms with Crippen LogP contribution in [0.3, 0.4) is 0 Å². The Balaban J connectivity index is 0.00000231. The van der Waals surface area contributed by atoms with Crippen LogP contribution in [-0.2, 0) is 34.2 Å². The number of pyridine rings is 2. The number of aromatic nitrogens is 2. The fourth-order valence-electron chi connectivity index (χ4n) is 4.06. The predicted molar refractivity (Wildman–Crippen MR) is 121 cm³/mol. The molecule has 0 N–H and O–H groups in total. The van der Waals surface area contributed by atoms with Crippen LogP contribution in [0.4, 0.5) is 11.4 Å². The number of para-hydroxylation sites is 2. The molecule has 0 spiro atoms. The molecule has 5 heteroatoms. The van der Waals surface area contributed by atoms with Crippen molar-refractivity contribution in [1.29, 1.82) is 0 Å². The average molecular weight is 586 g/mol. The van der Waals surface area contributed by atoms with Crippen LogP contribution >= 0.6 is 0 Å². The summed E-state index contributed by atoms with van der Waals surface area (Å²) in [6.45, 7) is 1.42. The first-order valence-corrected chi connectivity index (χ1v) is 10.0. The standard InChI is InChI=1S/C26H22N4.Pt/c1-29-17-19-11-22(16-27-13-19)24-8-4-6-10-26(24)30(2)18-20-12-21(15-28-14-20)23-7-3-5-9-25(23)29;/h3-10,13-16H,17-18H2,1-2H3;/q-2;+4. The molecule has 1 aliphatic heterocycles. The maximum atomic E-state index is 4.52. The Hall–Kier alpha value is -2.97. The Labute approximate surface area is 197 Å². The smallest absolute Gasteiger partial charge is 0.379 e. The van der Waals surface area contributed by atoms with Gasteiger partial charge in [-0.1, -0.05) is 83.4 Å². The van der Waals surface area contributed by atoms with Gasteiger partial charge >= 0.3 is 21.1 Å². The SMILES string of the molecule is CN1Cc2[c-]c(cnc2)-c2ccccc2N(C)Cc2[c-]c(cnc2)-c2ccccc21.[Pt+4]. The van der Waals surface area contributed by atoms with Gasteiger partial charge in [0, 0.05) is 38.6 Å². The van der Waals surface area contributed by atoms with Gasteiger partial charge in [-0.3, -0.25) is 0 Å². The molecule has 0 atom stereocenters. The Morgan fingerprint density at radius 1 is 0.645 bits per heavy atom. The summed E-state index contributed by atoms with van der Waals surface area (Å²) in [5.74, 6) is 0. The number of benzene rings is 2. The first kappa shape index (κ1) is 21.3. The maximum absolute atomic E-state index is 4.52. The molecule has 2 aromatic heterocycles. The van der Waals surface area contributed by atoms with Gasteiger partial charge in [0.05, 0.1) is 0 Å². The molecule has 31 heavy (non-hydrogen) atoms. The van der Waals surface area contributed by atoms with Gasteiger partial charge in [0.25, 0.3) is 0 Å². The number of nitrogens with zero attached hydrogens (tertiary/aromatic N) is 4. The monoisotopic (exact) mass is 585 g/mol. The number of rotatable bonds is 0. The van der Waals surface area contributed by atoms with Crippen molar-refractivity contribution < 1.29 is 21.1 Å². The zero-order valence-electron chi connectivity index (χ0n) is 17.4. The molecule has 2 aromatic carbocycles. The van der Waals surface area contributed by atoms with E-state index in [1.807, 2.05) is 24.8 Å². The zero-order chi connectivity index (χ0) is 20.5. The minimum Gasteiger partial charge on any atom is -0.379 e. The van der Waals surface area contributed by atoms with Gasteiger partial charge < -0.3 is 19.8 Å². The normalized spacial score (nSPS) is 12.8. The summed E-state index contributed by atoms with van der Waals surface area (Å²) in [5, 5.41) is 0. The molecule has 4 aromatic rings. The zero-order valence-corrected chi connectivity index (χ0v) is 19.7. The Morgan fingerprint density at radius 2 is 1.06 bits per heavy atom. The van der Waals surface area contributed by atoms with Crippen molar-refractivity contribution in [2.24, 2.45) is 0 Å². The summed E-state index contributed by atoms with van der Waals surface area (Å²) in [6, 6.07) is 24.0. The molecule has 0 saturated heterocycles. The molecular weight excluding hydrogens is 563 g/mol. The van der Waals surface area contributed by atoms with Crippen LogP contribution in [0.25, 0.3) is 22.3 Å². The first-order valence-electron chi connectivity index (χ1n) is 10.0. The van der Waals surface area contributed by atoms with Gasteiger partial charge in [-0.2, -0.15) is 0 Å². The van der Waals surface area contributed by atoms with Gasteiger partial charge in [0.15, 0.2) is 0 Å². The molecular formula is C26H22N4Pt+2. The molecule has 0 unspecified atom stereocenters. The fraction of sp³-hybridized carbons (Fsp3) is 0.154. The molecule has 4 nitrogen and oxygen atoms in total. The topological polar surface area (TPSA) is 32.3 Å². The van der Waals surface area contributed by atoms with E-state index in [4.69, 9.17) is 0 Å². The molecule has 1 aliphatic rings. The van der Waals surface area contributed by atoms with Crippen LogP contribution in [0, 0.1) is 12.1 Å². The van der Waals surface area contributed by atoms with E-state index in [1.165, 1.54) is 0 Å². The summed E-state index contributed by atoms with van der Waals surface area (Å²) in [4.78, 5) is 13.5. The number of hydrogen-bond donors (Lipinski definition) is 0. The maximum Gasteiger partial charge on any atom is 4.00 e. The van der Waals surface area contributed by atoms with E-state index >= 15 is 0 Å². The third-order valence-corrected chi connectivity index (χ3v) is 5.48. The largest absolute Gasteiger partial charge is 4.00 e. The minimum atomic E-state index is 0. The summed E-state index contributed by atoms with van der Waals surface area (Å²) < 4.78 is 0. The van der Waals surface area contributed by atoms with E-state index in [1.54, 1.807) is 0 Å². The van der Waals surface area contributed by atoms with Crippen molar-refractivity contribution in [3.8, 4) is 22.3 Å². The van der Waals surface area contributed by atoms with E-state index < -0.39 is 0 Å². The Morgan fingerprint density at radius 3 is 1.52 bits per heavy atom. The number of anilines is 2. The van der Waals surface area contributed by atoms with Crippen LogP contribution < -0.4 is 9.80 Å². The molecule has 0 radical (unpaired) electrons. The van der Waals surface area contributed by atoms with Crippen LogP contribution in [0.15, 0.2) is 73.3 Å². The number of fused-ring (bicyclic) bond motifs is 8. The Bertz CT molecular complexity index is 1110. The van der Waals surface area contributed by atoms with Gasteiger partial charge in [-0.05, 0) is 12.1 Å². The summed E-state index contributed by atoms with van der Waals surface area (Å²) in [5.41, 5.74) is 8.63. The van der Waals surface area contributed by atoms with E-state index in [-0.39, 0.29) is 21.1 Å². The van der Waals surface area contributed by atoms with E-state index in [0.717, 1.165) is 44.8 Å². The van der Waals surface area contributed by atoms with Crippen molar-refractivity contribution in [2.75, 3.05) is 23.9 Å². The summed E-state index contributed by atoms with van der Waals surface area (Å²) in [7, 11) is 4.20. The average Bonchev–Trinajstić information content (AvgIpc) is 2.79. The quantitative estimate of drug-likeness (QED) is 0.272. The van der Waals surface area contributed by atoms with Crippen LogP contribution in [0.1, 0.15) is 11.1 Å². The third-order valence-electron chi connectivity index (χ3n) is 5.48. The number of hydrogen-bond acceptors (Lipinski definition) is 4. The van der Waals surface area contributed by atoms with Crippen molar-refractivity contribution in [1.82, 2.24) is 9.97 Å².